The lowest BCUT2D eigenvalue weighted by Gasteiger charge is -2.27. The zero-order chi connectivity index (χ0) is 20.1. The van der Waals surface area contributed by atoms with E-state index in [2.05, 4.69) is 4.90 Å². The van der Waals surface area contributed by atoms with Gasteiger partial charge in [0.15, 0.2) is 0 Å². The van der Waals surface area contributed by atoms with Crippen LogP contribution in [-0.4, -0.2) is 91.2 Å². The van der Waals surface area contributed by atoms with Crippen molar-refractivity contribution in [2.45, 2.75) is 13.3 Å². The lowest BCUT2D eigenvalue weighted by Crippen LogP contribution is -2.40. The molecule has 1 saturated heterocycles. The number of benzene rings is 1. The Balaban J connectivity index is 1.77. The second-order valence-electron chi connectivity index (χ2n) is 7.30. The molecule has 0 spiro atoms. The molecule has 0 radical (unpaired) electrons. The third-order valence-corrected chi connectivity index (χ3v) is 5.26. The fourth-order valence-corrected chi connectivity index (χ4v) is 3.64. The van der Waals surface area contributed by atoms with Gasteiger partial charge in [0.25, 0.3) is 11.8 Å². The summed E-state index contributed by atoms with van der Waals surface area (Å²) < 4.78 is 5.36. The van der Waals surface area contributed by atoms with Gasteiger partial charge in [-0.05, 0) is 18.9 Å². The van der Waals surface area contributed by atoms with E-state index >= 15 is 0 Å². The van der Waals surface area contributed by atoms with Crippen LogP contribution in [0.2, 0.25) is 0 Å². The molecule has 1 aromatic rings. The van der Waals surface area contributed by atoms with Crippen molar-refractivity contribution < 1.29 is 19.4 Å². The quantitative estimate of drug-likeness (QED) is 0.663. The molecule has 2 aliphatic rings. The van der Waals surface area contributed by atoms with Gasteiger partial charge in [-0.25, -0.2) is 0 Å². The number of carbonyl (C=O) groups excluding carboxylic acids is 2. The smallest absolute Gasteiger partial charge is 0.277 e. The molecule has 3 rings (SSSR count). The Bertz CT molecular complexity index is 739. The van der Waals surface area contributed by atoms with Gasteiger partial charge in [-0.15, -0.1) is 0 Å². The predicted molar refractivity (Wildman–Crippen MR) is 106 cm³/mol. The summed E-state index contributed by atoms with van der Waals surface area (Å²) in [6, 6.07) is 7.62. The number of carbonyl (C=O) groups is 2. The largest absolute Gasteiger partial charge is 0.395 e. The van der Waals surface area contributed by atoms with Crippen molar-refractivity contribution in [1.82, 2.24) is 14.7 Å². The van der Waals surface area contributed by atoms with E-state index in [0.717, 1.165) is 50.4 Å². The minimum atomic E-state index is -0.279. The maximum absolute atomic E-state index is 13.1. The molecule has 2 aliphatic heterocycles. The molecule has 1 aromatic carbocycles. The highest BCUT2D eigenvalue weighted by atomic mass is 16.5. The third-order valence-electron chi connectivity index (χ3n) is 5.26. The number of imide groups is 1. The Morgan fingerprint density at radius 2 is 1.75 bits per heavy atom. The maximum atomic E-state index is 13.1. The predicted octanol–water partition coefficient (Wildman–Crippen LogP) is 0.721. The molecular weight excluding hydrogens is 358 g/mol. The van der Waals surface area contributed by atoms with Crippen LogP contribution in [0.25, 0.3) is 5.57 Å². The van der Waals surface area contributed by atoms with Crippen LogP contribution in [0.15, 0.2) is 30.0 Å². The molecule has 1 N–H and O–H groups in total. The van der Waals surface area contributed by atoms with Crippen molar-refractivity contribution in [3.8, 4) is 0 Å². The van der Waals surface area contributed by atoms with Crippen LogP contribution in [0.1, 0.15) is 17.5 Å². The molecule has 28 heavy (non-hydrogen) atoms. The van der Waals surface area contributed by atoms with Gasteiger partial charge < -0.3 is 14.7 Å². The maximum Gasteiger partial charge on any atom is 0.277 e. The van der Waals surface area contributed by atoms with Gasteiger partial charge in [-0.2, -0.15) is 0 Å². The zero-order valence-corrected chi connectivity index (χ0v) is 16.7. The normalized spacial score (nSPS) is 18.3. The number of aryl methyl sites for hydroxylation is 1. The van der Waals surface area contributed by atoms with Crippen molar-refractivity contribution in [1.29, 1.82) is 0 Å². The van der Waals surface area contributed by atoms with E-state index in [1.807, 2.05) is 31.2 Å². The van der Waals surface area contributed by atoms with Gasteiger partial charge in [0, 0.05) is 39.8 Å². The second kappa shape index (κ2) is 9.32. The van der Waals surface area contributed by atoms with E-state index < -0.39 is 0 Å². The van der Waals surface area contributed by atoms with Crippen LogP contribution >= 0.6 is 0 Å². The zero-order valence-electron chi connectivity index (χ0n) is 16.7. The van der Waals surface area contributed by atoms with Gasteiger partial charge in [0.05, 0.1) is 25.4 Å². The first kappa shape index (κ1) is 20.5. The highest BCUT2D eigenvalue weighted by Crippen LogP contribution is 2.31. The van der Waals surface area contributed by atoms with Crippen molar-refractivity contribution in [3.05, 3.63) is 41.1 Å². The number of aliphatic hydroxyl groups is 1. The van der Waals surface area contributed by atoms with E-state index in [9.17, 15) is 14.7 Å². The van der Waals surface area contributed by atoms with Gasteiger partial charge >= 0.3 is 0 Å². The average molecular weight is 387 g/mol. The number of hydrogen-bond acceptors (Lipinski definition) is 6. The molecule has 0 aromatic heterocycles. The first-order valence-electron chi connectivity index (χ1n) is 9.82. The minimum absolute atomic E-state index is 0.0837. The van der Waals surface area contributed by atoms with E-state index in [1.165, 1.54) is 4.90 Å². The summed E-state index contributed by atoms with van der Waals surface area (Å²) in [5.74, 6) is -0.533. The van der Waals surface area contributed by atoms with Crippen molar-refractivity contribution in [3.63, 3.8) is 0 Å². The summed E-state index contributed by atoms with van der Waals surface area (Å²) in [4.78, 5) is 31.5. The fraction of sp³-hybridized carbons (Fsp3) is 0.524. The molecule has 0 saturated carbocycles. The summed E-state index contributed by atoms with van der Waals surface area (Å²) in [5, 5.41) is 9.30. The minimum Gasteiger partial charge on any atom is -0.395 e. The molecule has 0 aliphatic carbocycles. The van der Waals surface area contributed by atoms with Crippen molar-refractivity contribution >= 4 is 17.4 Å². The van der Waals surface area contributed by atoms with Gasteiger partial charge in [-0.1, -0.05) is 29.8 Å². The SMILES string of the molecule is Cc1ccc(C2=C(N(C)CCO)C(=O)N(CCCN3CCOCC3)C2=O)cc1. The van der Waals surface area contributed by atoms with E-state index in [1.54, 1.807) is 11.9 Å². The Morgan fingerprint density at radius 1 is 1.07 bits per heavy atom. The van der Waals surface area contributed by atoms with E-state index in [-0.39, 0.29) is 18.4 Å². The first-order valence-corrected chi connectivity index (χ1v) is 9.82. The van der Waals surface area contributed by atoms with Crippen LogP contribution in [0.3, 0.4) is 0 Å². The van der Waals surface area contributed by atoms with Crippen LogP contribution in [0.4, 0.5) is 0 Å². The lowest BCUT2D eigenvalue weighted by molar-refractivity contribution is -0.137. The van der Waals surface area contributed by atoms with Crippen LogP contribution < -0.4 is 0 Å². The van der Waals surface area contributed by atoms with E-state index in [4.69, 9.17) is 4.74 Å². The Hall–Kier alpha value is -2.22. The summed E-state index contributed by atoms with van der Waals surface area (Å²) in [5.41, 5.74) is 2.62. The topological polar surface area (TPSA) is 73.3 Å². The molecular formula is C21H29N3O4. The molecule has 7 nitrogen and oxygen atoms in total. The number of hydrogen-bond donors (Lipinski definition) is 1. The highest BCUT2D eigenvalue weighted by molar-refractivity contribution is 6.35. The molecule has 1 fully saturated rings. The number of morpholine rings is 1. The Kier molecular flexibility index (Phi) is 6.83. The Morgan fingerprint density at radius 3 is 2.39 bits per heavy atom. The summed E-state index contributed by atoms with van der Waals surface area (Å²) >= 11 is 0. The number of amides is 2. The molecule has 152 valence electrons. The molecule has 0 atom stereocenters. The monoisotopic (exact) mass is 387 g/mol. The summed E-state index contributed by atoms with van der Waals surface area (Å²) in [7, 11) is 1.74. The van der Waals surface area contributed by atoms with Gasteiger partial charge in [0.1, 0.15) is 5.70 Å². The molecule has 0 unspecified atom stereocenters. The first-order chi connectivity index (χ1) is 13.5. The molecule has 2 heterocycles. The third kappa shape index (κ3) is 4.43. The lowest BCUT2D eigenvalue weighted by atomic mass is 10.0. The molecule has 2 amide bonds. The summed E-state index contributed by atoms with van der Waals surface area (Å²) in [6.07, 6.45) is 0.732. The number of aliphatic hydroxyl groups excluding tert-OH is 1. The number of likely N-dealkylation sites (N-methyl/N-ethyl adjacent to an activating group) is 1. The average Bonchev–Trinajstić information content (AvgIpc) is 2.94. The Labute approximate surface area is 166 Å². The molecule has 0 bridgehead atoms. The van der Waals surface area contributed by atoms with Crippen LogP contribution in [-0.2, 0) is 14.3 Å². The van der Waals surface area contributed by atoms with Crippen LogP contribution in [0, 0.1) is 6.92 Å². The molecule has 7 heteroatoms. The summed E-state index contributed by atoms with van der Waals surface area (Å²) in [6.45, 7) is 6.66. The second-order valence-corrected chi connectivity index (χ2v) is 7.30. The fourth-order valence-electron chi connectivity index (χ4n) is 3.64. The van der Waals surface area contributed by atoms with Gasteiger partial charge in [-0.3, -0.25) is 19.4 Å². The van der Waals surface area contributed by atoms with Crippen molar-refractivity contribution in [2.75, 3.05) is 59.6 Å². The van der Waals surface area contributed by atoms with Gasteiger partial charge in [0.2, 0.25) is 0 Å². The van der Waals surface area contributed by atoms with Crippen LogP contribution in [0.5, 0.6) is 0 Å². The van der Waals surface area contributed by atoms with Crippen molar-refractivity contribution in [2.24, 2.45) is 0 Å². The number of rotatable bonds is 8. The number of nitrogens with zero attached hydrogens (tertiary/aromatic N) is 3. The number of ether oxygens (including phenoxy) is 1. The standard InChI is InChI=1S/C21H29N3O4/c1-16-4-6-17(7-5-16)18-19(22(2)10-13-25)21(27)24(20(18)26)9-3-8-23-11-14-28-15-12-23/h4-7,25H,3,8-15H2,1-2H3. The highest BCUT2D eigenvalue weighted by Gasteiger charge is 2.40. The van der Waals surface area contributed by atoms with E-state index in [0.29, 0.717) is 24.4 Å².